The van der Waals surface area contributed by atoms with Gasteiger partial charge in [0.2, 0.25) is 0 Å². The lowest BCUT2D eigenvalue weighted by molar-refractivity contribution is -0.312. The molecule has 0 aromatic rings. The summed E-state index contributed by atoms with van der Waals surface area (Å²) in [5.41, 5.74) is 1.29. The zero-order valence-electron chi connectivity index (χ0n) is 19.4. The predicted molar refractivity (Wildman–Crippen MR) is 116 cm³/mol. The average Bonchev–Trinajstić information content (AvgIpc) is 3.10. The van der Waals surface area contributed by atoms with Crippen LogP contribution < -0.4 is 0 Å². The van der Waals surface area contributed by atoms with Crippen LogP contribution in [0.2, 0.25) is 0 Å². The Morgan fingerprint density at radius 1 is 1.00 bits per heavy atom. The van der Waals surface area contributed by atoms with Gasteiger partial charge in [-0.3, -0.25) is 4.79 Å². The van der Waals surface area contributed by atoms with Crippen LogP contribution in [0.15, 0.2) is 11.6 Å². The molecule has 11 atom stereocenters. The number of hydrogen-bond donors (Lipinski definition) is 4. The first kappa shape index (κ1) is 23.4. The summed E-state index contributed by atoms with van der Waals surface area (Å²) in [5, 5.41) is 39.9. The van der Waals surface area contributed by atoms with E-state index in [9.17, 15) is 30.0 Å². The lowest BCUT2D eigenvalue weighted by Gasteiger charge is -2.58. The fraction of sp³-hybridized carbons (Fsp3) is 0.840. The zero-order valence-corrected chi connectivity index (χ0v) is 19.4. The van der Waals surface area contributed by atoms with Crippen molar-refractivity contribution in [3.05, 3.63) is 11.6 Å². The maximum absolute atomic E-state index is 12.0. The largest absolute Gasteiger partial charge is 0.479 e. The summed E-state index contributed by atoms with van der Waals surface area (Å²) in [6.45, 7) is 4.58. The molecule has 1 saturated heterocycles. The van der Waals surface area contributed by atoms with Crippen molar-refractivity contribution in [2.24, 2.45) is 28.6 Å². The molecule has 8 heteroatoms. The van der Waals surface area contributed by atoms with Gasteiger partial charge in [-0.15, -0.1) is 0 Å². The van der Waals surface area contributed by atoms with Gasteiger partial charge in [-0.1, -0.05) is 19.4 Å². The molecule has 3 saturated carbocycles. The van der Waals surface area contributed by atoms with E-state index in [4.69, 9.17) is 9.47 Å². The van der Waals surface area contributed by atoms with Gasteiger partial charge < -0.3 is 29.9 Å². The van der Waals surface area contributed by atoms with Crippen LogP contribution in [0, 0.1) is 28.6 Å². The summed E-state index contributed by atoms with van der Waals surface area (Å²) in [5.74, 6) is 0.400. The van der Waals surface area contributed by atoms with Crippen LogP contribution in [0.1, 0.15) is 65.2 Å². The fourth-order valence-corrected chi connectivity index (χ4v) is 8.06. The Balaban J connectivity index is 1.34. The minimum Gasteiger partial charge on any atom is -0.479 e. The predicted octanol–water partition coefficient (Wildman–Crippen LogP) is 1.80. The maximum atomic E-state index is 12.0. The normalized spacial score (nSPS) is 51.8. The number of carboxylic acid groups (broad SMARTS) is 1. The van der Waals surface area contributed by atoms with Crippen molar-refractivity contribution in [1.82, 2.24) is 0 Å². The van der Waals surface area contributed by atoms with Crippen molar-refractivity contribution in [2.45, 2.75) is 102 Å². The molecule has 0 unspecified atom stereocenters. The Morgan fingerprint density at radius 2 is 1.76 bits per heavy atom. The number of allylic oxidation sites excluding steroid dienone is 1. The first-order chi connectivity index (χ1) is 15.6. The molecule has 5 rings (SSSR count). The summed E-state index contributed by atoms with van der Waals surface area (Å²) in [4.78, 5) is 23.5. The average molecular weight is 465 g/mol. The van der Waals surface area contributed by atoms with Crippen LogP contribution in [0.3, 0.4) is 0 Å². The van der Waals surface area contributed by atoms with Gasteiger partial charge in [0, 0.05) is 6.42 Å². The number of aliphatic carboxylic acids is 1. The third kappa shape index (κ3) is 3.52. The Bertz CT molecular complexity index is 855. The van der Waals surface area contributed by atoms with E-state index in [1.54, 1.807) is 0 Å². The topological polar surface area (TPSA) is 134 Å². The molecule has 4 fully saturated rings. The molecule has 1 aliphatic heterocycles. The van der Waals surface area contributed by atoms with Crippen molar-refractivity contribution in [1.29, 1.82) is 0 Å². The number of aliphatic hydroxyl groups excluding tert-OH is 3. The van der Waals surface area contributed by atoms with Crippen LogP contribution in [-0.2, 0) is 19.1 Å². The van der Waals surface area contributed by atoms with Gasteiger partial charge >= 0.3 is 5.97 Å². The van der Waals surface area contributed by atoms with Crippen molar-refractivity contribution < 1.29 is 39.5 Å². The van der Waals surface area contributed by atoms with E-state index >= 15 is 0 Å². The molecular weight excluding hydrogens is 428 g/mol. The SMILES string of the molecule is C[C@@]12CC[C@H]3[C@@H](CCC4=CC(=O)CC[C@@]43C)[C@@H]1CC[C@@H]2O[C@H]1O[C@H](C(=O)O)[C@H](O)[C@@H](O)[C@@H]1O. The number of ketones is 1. The van der Waals surface area contributed by atoms with E-state index in [1.807, 2.05) is 6.08 Å². The molecule has 4 N–H and O–H groups in total. The van der Waals surface area contributed by atoms with Crippen LogP contribution >= 0.6 is 0 Å². The van der Waals surface area contributed by atoms with Crippen LogP contribution in [0.5, 0.6) is 0 Å². The van der Waals surface area contributed by atoms with Crippen LogP contribution in [0.4, 0.5) is 0 Å². The molecule has 8 nitrogen and oxygen atoms in total. The van der Waals surface area contributed by atoms with Crippen LogP contribution in [-0.4, -0.2) is 69.0 Å². The molecular formula is C25H36O8. The minimum atomic E-state index is -1.72. The van der Waals surface area contributed by atoms with Gasteiger partial charge in [0.25, 0.3) is 0 Å². The number of carboxylic acids is 1. The van der Waals surface area contributed by atoms with E-state index in [0.717, 1.165) is 44.9 Å². The second kappa shape index (κ2) is 8.12. The van der Waals surface area contributed by atoms with Gasteiger partial charge in [0.15, 0.2) is 18.2 Å². The highest BCUT2D eigenvalue weighted by molar-refractivity contribution is 5.91. The quantitative estimate of drug-likeness (QED) is 0.497. The fourth-order valence-electron chi connectivity index (χ4n) is 8.06. The van der Waals surface area contributed by atoms with Gasteiger partial charge in [-0.05, 0) is 79.6 Å². The Kier molecular flexibility index (Phi) is 5.77. The van der Waals surface area contributed by atoms with Crippen molar-refractivity contribution in [3.63, 3.8) is 0 Å². The molecule has 0 bridgehead atoms. The Labute approximate surface area is 194 Å². The first-order valence-electron chi connectivity index (χ1n) is 12.4. The third-order valence-corrected chi connectivity index (χ3v) is 9.99. The highest BCUT2D eigenvalue weighted by Crippen LogP contribution is 2.65. The standard InChI is InChI=1S/C25H36O8/c1-24-9-7-13(26)11-12(24)3-4-14-15-5-6-17(25(15,2)10-8-16(14)24)32-23-20(29)18(27)19(28)21(33-23)22(30)31/h11,14-21,23,27-29H,3-10H2,1-2H3,(H,30,31)/t14-,15-,16-,17-,18+,19+,20-,21-,23-,24-,25+/m0/s1. The molecule has 5 aliphatic rings. The Morgan fingerprint density at radius 3 is 2.48 bits per heavy atom. The smallest absolute Gasteiger partial charge is 0.335 e. The minimum absolute atomic E-state index is 0.0920. The lowest BCUT2D eigenvalue weighted by atomic mass is 9.47. The summed E-state index contributed by atoms with van der Waals surface area (Å²) in [7, 11) is 0. The Hall–Kier alpha value is -1.32. The number of fused-ring (bicyclic) bond motifs is 5. The van der Waals surface area contributed by atoms with Crippen molar-refractivity contribution >= 4 is 11.8 Å². The van der Waals surface area contributed by atoms with E-state index in [2.05, 4.69) is 13.8 Å². The van der Waals surface area contributed by atoms with E-state index in [1.165, 1.54) is 5.57 Å². The van der Waals surface area contributed by atoms with Gasteiger partial charge in [0.05, 0.1) is 6.10 Å². The molecule has 0 radical (unpaired) electrons. The van der Waals surface area contributed by atoms with Crippen molar-refractivity contribution in [2.75, 3.05) is 0 Å². The number of hydrogen-bond acceptors (Lipinski definition) is 7. The number of carbonyl (C=O) groups is 2. The molecule has 4 aliphatic carbocycles. The van der Waals surface area contributed by atoms with Gasteiger partial charge in [-0.2, -0.15) is 0 Å². The van der Waals surface area contributed by atoms with E-state index in [0.29, 0.717) is 24.2 Å². The van der Waals surface area contributed by atoms with Crippen LogP contribution in [0.25, 0.3) is 0 Å². The van der Waals surface area contributed by atoms with Crippen molar-refractivity contribution in [3.8, 4) is 0 Å². The molecule has 0 spiro atoms. The summed E-state index contributed by atoms with van der Waals surface area (Å²) in [6.07, 6.45) is 1.24. The first-order valence-corrected chi connectivity index (χ1v) is 12.4. The number of carbonyl (C=O) groups excluding carboxylic acids is 1. The third-order valence-electron chi connectivity index (χ3n) is 9.99. The van der Waals surface area contributed by atoms with E-state index < -0.39 is 36.7 Å². The molecule has 33 heavy (non-hydrogen) atoms. The highest BCUT2D eigenvalue weighted by atomic mass is 16.7. The van der Waals surface area contributed by atoms with E-state index in [-0.39, 0.29) is 22.7 Å². The monoisotopic (exact) mass is 464 g/mol. The highest BCUT2D eigenvalue weighted by Gasteiger charge is 2.60. The molecule has 0 aromatic carbocycles. The number of aliphatic hydroxyl groups is 3. The summed E-state index contributed by atoms with van der Waals surface area (Å²) in [6, 6.07) is 0. The molecule has 0 aromatic heterocycles. The van der Waals surface area contributed by atoms with Gasteiger partial charge in [-0.25, -0.2) is 4.79 Å². The lowest BCUT2D eigenvalue weighted by Crippen LogP contribution is -2.61. The second-order valence-corrected chi connectivity index (χ2v) is 11.5. The summed E-state index contributed by atoms with van der Waals surface area (Å²) < 4.78 is 11.6. The summed E-state index contributed by atoms with van der Waals surface area (Å²) >= 11 is 0. The van der Waals surface area contributed by atoms with Gasteiger partial charge in [0.1, 0.15) is 18.3 Å². The number of ether oxygens (including phenoxy) is 2. The molecule has 184 valence electrons. The molecule has 0 amide bonds. The zero-order chi connectivity index (χ0) is 23.7. The maximum Gasteiger partial charge on any atom is 0.335 e. The second-order valence-electron chi connectivity index (χ2n) is 11.5. The number of rotatable bonds is 3. The molecule has 1 heterocycles.